The van der Waals surface area contributed by atoms with Gasteiger partial charge in [0.05, 0.1) is 13.3 Å². The lowest BCUT2D eigenvalue weighted by Crippen LogP contribution is -2.33. The number of aromatic nitrogens is 2. The van der Waals surface area contributed by atoms with Crippen molar-refractivity contribution in [3.8, 4) is 5.75 Å². The first-order valence-electron chi connectivity index (χ1n) is 6.94. The molecule has 1 aromatic heterocycles. The van der Waals surface area contributed by atoms with Crippen molar-refractivity contribution in [3.63, 3.8) is 0 Å². The zero-order valence-electron chi connectivity index (χ0n) is 12.4. The SMILES string of the molecule is COc1ccc(NC(=S)NNc2nncc3ccccc23)cc1. The molecule has 0 saturated carbocycles. The summed E-state index contributed by atoms with van der Waals surface area (Å²) in [6.07, 6.45) is 1.72. The summed E-state index contributed by atoms with van der Waals surface area (Å²) in [6, 6.07) is 15.3. The van der Waals surface area contributed by atoms with Gasteiger partial charge in [0.15, 0.2) is 10.9 Å². The Bertz CT molecular complexity index is 817. The van der Waals surface area contributed by atoms with Crippen molar-refractivity contribution in [1.29, 1.82) is 0 Å². The Labute approximate surface area is 138 Å². The van der Waals surface area contributed by atoms with Crippen molar-refractivity contribution >= 4 is 39.6 Å². The number of nitrogens with one attached hydrogen (secondary N) is 3. The van der Waals surface area contributed by atoms with Crippen molar-refractivity contribution in [1.82, 2.24) is 15.6 Å². The van der Waals surface area contributed by atoms with Gasteiger partial charge in [-0.1, -0.05) is 24.3 Å². The molecule has 0 saturated heterocycles. The van der Waals surface area contributed by atoms with Crippen LogP contribution in [0.25, 0.3) is 10.8 Å². The molecule has 0 unspecified atom stereocenters. The van der Waals surface area contributed by atoms with Crippen LogP contribution in [0.2, 0.25) is 0 Å². The zero-order valence-corrected chi connectivity index (χ0v) is 13.2. The number of fused-ring (bicyclic) bond motifs is 1. The van der Waals surface area contributed by atoms with Crippen LogP contribution >= 0.6 is 12.2 Å². The molecule has 7 heteroatoms. The Balaban J connectivity index is 1.63. The molecular weight excluding hydrogens is 310 g/mol. The summed E-state index contributed by atoms with van der Waals surface area (Å²) in [7, 11) is 1.63. The van der Waals surface area contributed by atoms with Crippen molar-refractivity contribution in [2.24, 2.45) is 0 Å². The van der Waals surface area contributed by atoms with E-state index in [4.69, 9.17) is 17.0 Å². The second-order valence-electron chi connectivity index (χ2n) is 4.71. The molecule has 23 heavy (non-hydrogen) atoms. The monoisotopic (exact) mass is 325 g/mol. The van der Waals surface area contributed by atoms with Gasteiger partial charge >= 0.3 is 0 Å². The van der Waals surface area contributed by atoms with Crippen molar-refractivity contribution in [2.75, 3.05) is 17.9 Å². The minimum atomic E-state index is 0.421. The van der Waals surface area contributed by atoms with Crippen LogP contribution in [0.4, 0.5) is 11.5 Å². The highest BCUT2D eigenvalue weighted by Crippen LogP contribution is 2.18. The molecule has 0 aliphatic carbocycles. The Morgan fingerprint density at radius 2 is 1.87 bits per heavy atom. The van der Waals surface area contributed by atoms with Crippen molar-refractivity contribution < 1.29 is 4.74 Å². The van der Waals surface area contributed by atoms with Crippen LogP contribution in [0, 0.1) is 0 Å². The number of nitrogens with zero attached hydrogens (tertiary/aromatic N) is 2. The van der Waals surface area contributed by atoms with E-state index >= 15 is 0 Å². The summed E-state index contributed by atoms with van der Waals surface area (Å²) in [6.45, 7) is 0. The third-order valence-electron chi connectivity index (χ3n) is 3.21. The number of ether oxygens (including phenoxy) is 1. The number of hydrazine groups is 1. The van der Waals surface area contributed by atoms with Crippen LogP contribution in [0.3, 0.4) is 0 Å². The Hall–Kier alpha value is -2.93. The molecule has 0 aliphatic rings. The fraction of sp³-hybridized carbons (Fsp3) is 0.0625. The van der Waals surface area contributed by atoms with Gasteiger partial charge in [-0.25, -0.2) is 0 Å². The summed E-state index contributed by atoms with van der Waals surface area (Å²) in [5.41, 5.74) is 6.74. The molecule has 1 heterocycles. The molecule has 0 atom stereocenters. The summed E-state index contributed by atoms with van der Waals surface area (Å²) in [5.74, 6) is 1.40. The number of rotatable bonds is 4. The van der Waals surface area contributed by atoms with Crippen LogP contribution < -0.4 is 20.9 Å². The summed E-state index contributed by atoms with van der Waals surface area (Å²) in [5, 5.41) is 13.5. The molecule has 116 valence electrons. The van der Waals surface area contributed by atoms with Gasteiger partial charge in [0.2, 0.25) is 0 Å². The van der Waals surface area contributed by atoms with Gasteiger partial charge in [-0.2, -0.15) is 5.10 Å². The second-order valence-corrected chi connectivity index (χ2v) is 5.12. The highest BCUT2D eigenvalue weighted by molar-refractivity contribution is 7.80. The number of methoxy groups -OCH3 is 1. The van der Waals surface area contributed by atoms with E-state index in [0.717, 1.165) is 22.2 Å². The first-order valence-corrected chi connectivity index (χ1v) is 7.34. The molecule has 3 N–H and O–H groups in total. The van der Waals surface area contributed by atoms with Crippen LogP contribution in [-0.4, -0.2) is 22.4 Å². The quantitative estimate of drug-likeness (QED) is 0.503. The minimum Gasteiger partial charge on any atom is -0.497 e. The minimum absolute atomic E-state index is 0.421. The summed E-state index contributed by atoms with van der Waals surface area (Å²) < 4.78 is 5.12. The van der Waals surface area contributed by atoms with E-state index in [2.05, 4.69) is 26.4 Å². The highest BCUT2D eigenvalue weighted by Gasteiger charge is 2.03. The number of thiocarbonyl (C=S) groups is 1. The van der Waals surface area contributed by atoms with Crippen molar-refractivity contribution in [3.05, 3.63) is 54.7 Å². The van der Waals surface area contributed by atoms with Gasteiger partial charge in [-0.3, -0.25) is 10.9 Å². The van der Waals surface area contributed by atoms with Crippen LogP contribution in [-0.2, 0) is 0 Å². The van der Waals surface area contributed by atoms with Gasteiger partial charge in [0, 0.05) is 16.5 Å². The molecule has 0 fully saturated rings. The Morgan fingerprint density at radius 1 is 1.09 bits per heavy atom. The van der Waals surface area contributed by atoms with E-state index < -0.39 is 0 Å². The Morgan fingerprint density at radius 3 is 2.65 bits per heavy atom. The first-order chi connectivity index (χ1) is 11.3. The Kier molecular flexibility index (Phi) is 4.49. The fourth-order valence-corrected chi connectivity index (χ4v) is 2.24. The largest absolute Gasteiger partial charge is 0.497 e. The predicted molar refractivity (Wildman–Crippen MR) is 95.5 cm³/mol. The van der Waals surface area contributed by atoms with E-state index in [1.54, 1.807) is 13.3 Å². The lowest BCUT2D eigenvalue weighted by molar-refractivity contribution is 0.415. The molecule has 0 amide bonds. The second kappa shape index (κ2) is 6.89. The fourth-order valence-electron chi connectivity index (χ4n) is 2.07. The molecule has 0 spiro atoms. The number of benzene rings is 2. The van der Waals surface area contributed by atoms with E-state index in [1.165, 1.54) is 0 Å². The van der Waals surface area contributed by atoms with Crippen LogP contribution in [0.15, 0.2) is 54.7 Å². The number of hydrogen-bond acceptors (Lipinski definition) is 5. The molecule has 3 rings (SSSR count). The number of hydrogen-bond donors (Lipinski definition) is 3. The average molecular weight is 325 g/mol. The van der Waals surface area contributed by atoms with Gasteiger partial charge in [-0.05, 0) is 36.5 Å². The van der Waals surface area contributed by atoms with E-state index in [1.807, 2.05) is 48.5 Å². The van der Waals surface area contributed by atoms with Crippen LogP contribution in [0.1, 0.15) is 0 Å². The van der Waals surface area contributed by atoms with E-state index in [-0.39, 0.29) is 0 Å². The third-order valence-corrected chi connectivity index (χ3v) is 3.42. The molecular formula is C16H15N5OS. The lowest BCUT2D eigenvalue weighted by Gasteiger charge is -2.13. The normalized spacial score (nSPS) is 10.1. The predicted octanol–water partition coefficient (Wildman–Crippen LogP) is 2.95. The highest BCUT2D eigenvalue weighted by atomic mass is 32.1. The number of anilines is 2. The van der Waals surface area contributed by atoms with E-state index in [0.29, 0.717) is 10.9 Å². The lowest BCUT2D eigenvalue weighted by atomic mass is 10.2. The topological polar surface area (TPSA) is 71.1 Å². The maximum absolute atomic E-state index is 5.25. The average Bonchev–Trinajstić information content (AvgIpc) is 2.60. The molecule has 6 nitrogen and oxygen atoms in total. The molecule has 3 aromatic rings. The maximum atomic E-state index is 5.25. The molecule has 0 bridgehead atoms. The van der Waals surface area contributed by atoms with E-state index in [9.17, 15) is 0 Å². The summed E-state index contributed by atoms with van der Waals surface area (Å²) in [4.78, 5) is 0. The standard InChI is InChI=1S/C16H15N5OS/c1-22-13-8-6-12(7-9-13)18-16(23)21-20-15-14-5-3-2-4-11(14)10-17-19-15/h2-10H,1H3,(H,19,20)(H2,18,21,23). The van der Waals surface area contributed by atoms with Gasteiger partial charge in [-0.15, -0.1) is 5.10 Å². The van der Waals surface area contributed by atoms with Crippen molar-refractivity contribution in [2.45, 2.75) is 0 Å². The molecule has 0 aliphatic heterocycles. The van der Waals surface area contributed by atoms with Crippen LogP contribution in [0.5, 0.6) is 5.75 Å². The molecule has 0 radical (unpaired) electrons. The third kappa shape index (κ3) is 3.64. The van der Waals surface area contributed by atoms with Gasteiger partial charge < -0.3 is 10.1 Å². The smallest absolute Gasteiger partial charge is 0.189 e. The zero-order chi connectivity index (χ0) is 16.1. The summed E-state index contributed by atoms with van der Waals surface area (Å²) >= 11 is 5.25. The molecule has 2 aromatic carbocycles. The maximum Gasteiger partial charge on any atom is 0.189 e. The first kappa shape index (κ1) is 15.0. The van der Waals surface area contributed by atoms with Gasteiger partial charge in [0.25, 0.3) is 0 Å². The van der Waals surface area contributed by atoms with Gasteiger partial charge in [0.1, 0.15) is 5.75 Å².